The van der Waals surface area contributed by atoms with Crippen LogP contribution >= 0.6 is 0 Å². The third kappa shape index (κ3) is 6.29. The number of rotatable bonds is 10. The lowest BCUT2D eigenvalue weighted by Crippen LogP contribution is -2.56. The summed E-state index contributed by atoms with van der Waals surface area (Å²) in [5, 5.41) is 6.79. The molecule has 6 heteroatoms. The predicted octanol–water partition coefficient (Wildman–Crippen LogP) is 6.06. The summed E-state index contributed by atoms with van der Waals surface area (Å²) in [7, 11) is 0. The largest absolute Gasteiger partial charge is 0.492 e. The molecule has 3 fully saturated rings. The fourth-order valence-corrected chi connectivity index (χ4v) is 6.13. The van der Waals surface area contributed by atoms with Gasteiger partial charge in [0.2, 0.25) is 0 Å². The number of nitrogens with two attached hydrogens (primary N) is 1. The van der Waals surface area contributed by atoms with Gasteiger partial charge in [-0.3, -0.25) is 4.79 Å². The summed E-state index contributed by atoms with van der Waals surface area (Å²) in [5.41, 5.74) is 11.9. The van der Waals surface area contributed by atoms with E-state index in [0.29, 0.717) is 24.6 Å². The summed E-state index contributed by atoms with van der Waals surface area (Å²) in [6.45, 7) is 15.2. The van der Waals surface area contributed by atoms with Gasteiger partial charge in [0.05, 0.1) is 6.61 Å². The third-order valence-corrected chi connectivity index (χ3v) is 8.23. The Hall–Kier alpha value is -3.54. The first-order chi connectivity index (χ1) is 18.2. The van der Waals surface area contributed by atoms with E-state index in [4.69, 9.17) is 10.5 Å². The lowest BCUT2D eigenvalue weighted by Gasteiger charge is -2.58. The van der Waals surface area contributed by atoms with E-state index >= 15 is 0 Å². The first-order valence-electron chi connectivity index (χ1n) is 13.7. The average molecular weight is 515 g/mol. The van der Waals surface area contributed by atoms with Crippen LogP contribution in [0.5, 0.6) is 0 Å². The monoisotopic (exact) mass is 514 g/mol. The van der Waals surface area contributed by atoms with E-state index in [9.17, 15) is 4.79 Å². The van der Waals surface area contributed by atoms with Gasteiger partial charge in [-0.05, 0) is 80.2 Å². The van der Waals surface area contributed by atoms with Crippen LogP contribution in [0.25, 0.3) is 0 Å². The first-order valence-corrected chi connectivity index (χ1v) is 13.7. The number of carbonyl (C=O) groups is 1. The second-order valence-corrected chi connectivity index (χ2v) is 11.1. The van der Waals surface area contributed by atoms with Gasteiger partial charge in [-0.15, -0.1) is 0 Å². The van der Waals surface area contributed by atoms with E-state index in [1.165, 1.54) is 19.3 Å². The Morgan fingerprint density at radius 2 is 2.03 bits per heavy atom. The van der Waals surface area contributed by atoms with Crippen LogP contribution in [0.4, 0.5) is 0 Å². The Morgan fingerprint density at radius 3 is 2.71 bits per heavy atom. The highest BCUT2D eigenvalue weighted by Crippen LogP contribution is 2.59. The second-order valence-electron chi connectivity index (χ2n) is 11.1. The molecule has 2 aliphatic carbocycles. The quantitative estimate of drug-likeness (QED) is 0.331. The molecule has 0 aromatic heterocycles. The van der Waals surface area contributed by atoms with Crippen molar-refractivity contribution in [2.45, 2.75) is 71.9 Å². The van der Waals surface area contributed by atoms with Crippen molar-refractivity contribution in [1.82, 2.24) is 10.6 Å². The standard InChI is InChI=1S/C32H42N4O2/c1-6-24-16-32(17-24)18-27(19-32)36-31(37)26-10-8-9-25(15-26)20-35-22(4)29-12-14-38-30(29)28(7-2)21(3)11-13-34-23(5)33/h7-11,13,15,24,27,35H,2,5-6,12,14,16-20,33H2,1,3-4H3,(H,36,37)/b21-11+,29-22+,30-28-,34-13-. The lowest BCUT2D eigenvalue weighted by molar-refractivity contribution is -0.0479. The molecule has 0 bridgehead atoms. The predicted molar refractivity (Wildman–Crippen MR) is 155 cm³/mol. The van der Waals surface area contributed by atoms with Crippen molar-refractivity contribution in [2.75, 3.05) is 6.61 Å². The number of hydrogen-bond acceptors (Lipinski definition) is 5. The molecule has 4 N–H and O–H groups in total. The number of ether oxygens (including phenoxy) is 1. The summed E-state index contributed by atoms with van der Waals surface area (Å²) < 4.78 is 6.01. The van der Waals surface area contributed by atoms with Gasteiger partial charge in [0.25, 0.3) is 5.91 Å². The smallest absolute Gasteiger partial charge is 0.251 e. The molecule has 1 aliphatic heterocycles. The molecular weight excluding hydrogens is 472 g/mol. The fourth-order valence-electron chi connectivity index (χ4n) is 6.13. The Kier molecular flexibility index (Phi) is 8.60. The number of aliphatic imine (C=N–C) groups is 1. The summed E-state index contributed by atoms with van der Waals surface area (Å²) in [6, 6.07) is 8.21. The molecule has 1 aromatic carbocycles. The van der Waals surface area contributed by atoms with Crippen LogP contribution in [0.1, 0.15) is 75.2 Å². The van der Waals surface area contributed by atoms with Gasteiger partial charge in [-0.1, -0.05) is 44.7 Å². The lowest BCUT2D eigenvalue weighted by atomic mass is 9.49. The SMILES string of the molecule is C=CC(=C1/OCC/C1=C(/C)NCc1cccc(C(=O)NC2CC3(CC(CC)C3)C2)c1)/C(C)=C/C=N\C(=C)N. The molecule has 1 aromatic rings. The third-order valence-electron chi connectivity index (χ3n) is 8.23. The zero-order chi connectivity index (χ0) is 27.3. The summed E-state index contributed by atoms with van der Waals surface area (Å²) >= 11 is 0. The Bertz CT molecular complexity index is 1210. The van der Waals surface area contributed by atoms with Crippen LogP contribution in [0.15, 0.2) is 88.6 Å². The molecule has 0 radical (unpaired) electrons. The molecule has 0 atom stereocenters. The zero-order valence-electron chi connectivity index (χ0n) is 23.1. The van der Waals surface area contributed by atoms with Crippen molar-refractivity contribution in [2.24, 2.45) is 22.1 Å². The van der Waals surface area contributed by atoms with Crippen molar-refractivity contribution in [3.8, 4) is 0 Å². The number of allylic oxidation sites excluding steroid dienone is 6. The second kappa shape index (κ2) is 11.9. The molecule has 3 aliphatic rings. The Balaban J connectivity index is 1.37. The molecule has 1 amide bonds. The van der Waals surface area contributed by atoms with Gasteiger partial charge in [-0.25, -0.2) is 4.99 Å². The summed E-state index contributed by atoms with van der Waals surface area (Å²) in [5.74, 6) is 2.03. The molecule has 6 nitrogen and oxygen atoms in total. The van der Waals surface area contributed by atoms with Crippen LogP contribution in [0.2, 0.25) is 0 Å². The van der Waals surface area contributed by atoms with Crippen molar-refractivity contribution >= 4 is 12.1 Å². The molecule has 0 unspecified atom stereocenters. The maximum absolute atomic E-state index is 12.9. The number of hydrogen-bond donors (Lipinski definition) is 3. The molecule has 1 saturated heterocycles. The molecule has 202 valence electrons. The minimum atomic E-state index is 0.0298. The number of carbonyl (C=O) groups excluding carboxylic acids is 1. The van der Waals surface area contributed by atoms with E-state index < -0.39 is 0 Å². The highest BCUT2D eigenvalue weighted by Gasteiger charge is 2.52. The topological polar surface area (TPSA) is 88.7 Å². The molecular formula is C32H42N4O2. The number of nitrogens with one attached hydrogen (secondary N) is 2. The van der Waals surface area contributed by atoms with Gasteiger partial charge in [0.1, 0.15) is 11.6 Å². The van der Waals surface area contributed by atoms with Crippen LogP contribution in [0, 0.1) is 11.3 Å². The fraction of sp³-hybridized carbons (Fsp3) is 0.438. The number of amides is 1. The van der Waals surface area contributed by atoms with E-state index in [2.05, 4.69) is 42.6 Å². The van der Waals surface area contributed by atoms with Crippen LogP contribution in [-0.4, -0.2) is 24.8 Å². The highest BCUT2D eigenvalue weighted by molar-refractivity contribution is 5.94. The molecule has 2 saturated carbocycles. The molecule has 1 spiro atoms. The zero-order valence-corrected chi connectivity index (χ0v) is 23.1. The average Bonchev–Trinajstić information content (AvgIpc) is 3.33. The van der Waals surface area contributed by atoms with E-state index in [-0.39, 0.29) is 11.7 Å². The normalized spacial score (nSPS) is 27.3. The van der Waals surface area contributed by atoms with Crippen molar-refractivity contribution in [1.29, 1.82) is 0 Å². The Labute approximate surface area is 227 Å². The molecule has 1 heterocycles. The van der Waals surface area contributed by atoms with Gasteiger partial charge in [0.15, 0.2) is 0 Å². The van der Waals surface area contributed by atoms with Gasteiger partial charge >= 0.3 is 0 Å². The minimum Gasteiger partial charge on any atom is -0.492 e. The van der Waals surface area contributed by atoms with Crippen LogP contribution in [0.3, 0.4) is 0 Å². The number of benzene rings is 1. The van der Waals surface area contributed by atoms with Crippen LogP contribution in [-0.2, 0) is 11.3 Å². The summed E-state index contributed by atoms with van der Waals surface area (Å²) in [4.78, 5) is 16.9. The first kappa shape index (κ1) is 27.5. The summed E-state index contributed by atoms with van der Waals surface area (Å²) in [6.07, 6.45) is 12.4. The van der Waals surface area contributed by atoms with E-state index in [0.717, 1.165) is 64.5 Å². The highest BCUT2D eigenvalue weighted by atomic mass is 16.5. The Morgan fingerprint density at radius 1 is 1.26 bits per heavy atom. The van der Waals surface area contributed by atoms with Crippen LogP contribution < -0.4 is 16.4 Å². The number of nitrogens with zero attached hydrogens (tertiary/aromatic N) is 1. The van der Waals surface area contributed by atoms with Gasteiger partial charge < -0.3 is 21.1 Å². The maximum Gasteiger partial charge on any atom is 0.251 e. The van der Waals surface area contributed by atoms with Crippen molar-refractivity contribution in [3.05, 3.63) is 94.7 Å². The van der Waals surface area contributed by atoms with E-state index in [1.807, 2.05) is 43.3 Å². The molecule has 4 rings (SSSR count). The minimum absolute atomic E-state index is 0.0298. The van der Waals surface area contributed by atoms with Crippen molar-refractivity contribution in [3.63, 3.8) is 0 Å². The maximum atomic E-state index is 12.9. The van der Waals surface area contributed by atoms with Gasteiger partial charge in [0, 0.05) is 47.6 Å². The molecule has 38 heavy (non-hydrogen) atoms. The van der Waals surface area contributed by atoms with Gasteiger partial charge in [-0.2, -0.15) is 0 Å². The van der Waals surface area contributed by atoms with E-state index in [1.54, 1.807) is 6.21 Å². The van der Waals surface area contributed by atoms with Crippen molar-refractivity contribution < 1.29 is 9.53 Å².